The van der Waals surface area contributed by atoms with E-state index in [2.05, 4.69) is 9.97 Å². The highest BCUT2D eigenvalue weighted by molar-refractivity contribution is 5.06. The summed E-state index contributed by atoms with van der Waals surface area (Å²) in [5, 5.41) is 0. The predicted molar refractivity (Wildman–Crippen MR) is 39.8 cm³/mol. The zero-order valence-corrected chi connectivity index (χ0v) is 6.67. The smallest absolute Gasteiger partial charge is 0.330 e. The Bertz CT molecular complexity index is 267. The van der Waals surface area contributed by atoms with Crippen molar-refractivity contribution < 1.29 is 13.2 Å². The quantitative estimate of drug-likeness (QED) is 0.758. The Hall–Kier alpha value is -1.17. The third kappa shape index (κ3) is 2.66. The predicted octanol–water partition coefficient (Wildman–Crippen LogP) is 0.997. The molecular weight excluding hydrogens is 183 g/mol. The first-order valence-corrected chi connectivity index (χ1v) is 3.62. The van der Waals surface area contributed by atoms with Crippen LogP contribution in [-0.2, 0) is 12.6 Å². The lowest BCUT2D eigenvalue weighted by Gasteiger charge is -2.04. The van der Waals surface area contributed by atoms with Crippen LogP contribution in [0.3, 0.4) is 0 Å². The SMILES string of the molecule is NCCc1cnc(C(F)(F)F)nc1. The fraction of sp³-hybridized carbons (Fsp3) is 0.429. The second kappa shape index (κ2) is 3.69. The van der Waals surface area contributed by atoms with Crippen LogP contribution in [0.2, 0.25) is 0 Å². The molecule has 0 unspecified atom stereocenters. The van der Waals surface area contributed by atoms with Gasteiger partial charge in [0.1, 0.15) is 0 Å². The minimum absolute atomic E-state index is 0.370. The number of nitrogens with two attached hydrogens (primary N) is 1. The standard InChI is InChI=1S/C7H8F3N3/c8-7(9,10)6-12-3-5(1-2-11)4-13-6/h3-4H,1-2,11H2. The first-order chi connectivity index (χ1) is 6.04. The molecule has 0 fully saturated rings. The van der Waals surface area contributed by atoms with Crippen molar-refractivity contribution in [2.24, 2.45) is 5.73 Å². The topological polar surface area (TPSA) is 51.8 Å². The first kappa shape index (κ1) is 9.91. The van der Waals surface area contributed by atoms with Gasteiger partial charge in [0, 0.05) is 12.4 Å². The van der Waals surface area contributed by atoms with E-state index in [-0.39, 0.29) is 0 Å². The zero-order valence-electron chi connectivity index (χ0n) is 6.67. The van der Waals surface area contributed by atoms with Crippen LogP contribution in [0.4, 0.5) is 13.2 Å². The molecule has 0 aliphatic rings. The van der Waals surface area contributed by atoms with Gasteiger partial charge < -0.3 is 5.73 Å². The van der Waals surface area contributed by atoms with Crippen molar-refractivity contribution in [3.63, 3.8) is 0 Å². The van der Waals surface area contributed by atoms with Gasteiger partial charge in [0.25, 0.3) is 0 Å². The number of halogens is 3. The van der Waals surface area contributed by atoms with Gasteiger partial charge in [-0.2, -0.15) is 13.2 Å². The van der Waals surface area contributed by atoms with Crippen LogP contribution in [0.15, 0.2) is 12.4 Å². The minimum atomic E-state index is -4.47. The van der Waals surface area contributed by atoms with Crippen LogP contribution in [-0.4, -0.2) is 16.5 Å². The monoisotopic (exact) mass is 191 g/mol. The number of alkyl halides is 3. The summed E-state index contributed by atoms with van der Waals surface area (Å²) in [6, 6.07) is 0. The second-order valence-electron chi connectivity index (χ2n) is 2.45. The zero-order chi connectivity index (χ0) is 9.90. The van der Waals surface area contributed by atoms with E-state index in [4.69, 9.17) is 5.73 Å². The van der Waals surface area contributed by atoms with E-state index >= 15 is 0 Å². The molecule has 13 heavy (non-hydrogen) atoms. The van der Waals surface area contributed by atoms with E-state index in [0.717, 1.165) is 12.4 Å². The third-order valence-corrected chi connectivity index (χ3v) is 1.39. The van der Waals surface area contributed by atoms with Crippen LogP contribution < -0.4 is 5.73 Å². The lowest BCUT2D eigenvalue weighted by Crippen LogP contribution is -2.11. The van der Waals surface area contributed by atoms with E-state index in [9.17, 15) is 13.2 Å². The summed E-state index contributed by atoms with van der Waals surface area (Å²) in [5.41, 5.74) is 5.81. The molecule has 0 saturated heterocycles. The maximum atomic E-state index is 12.0. The van der Waals surface area contributed by atoms with Crippen molar-refractivity contribution in [3.8, 4) is 0 Å². The lowest BCUT2D eigenvalue weighted by atomic mass is 10.2. The molecule has 6 heteroatoms. The molecule has 0 aliphatic carbocycles. The fourth-order valence-electron chi connectivity index (χ4n) is 0.797. The highest BCUT2D eigenvalue weighted by atomic mass is 19.4. The van der Waals surface area contributed by atoms with Crippen molar-refractivity contribution >= 4 is 0 Å². The molecule has 0 aromatic carbocycles. The number of aromatic nitrogens is 2. The van der Waals surface area contributed by atoms with Gasteiger partial charge in [-0.05, 0) is 18.5 Å². The Morgan fingerprint density at radius 3 is 2.15 bits per heavy atom. The molecule has 1 rings (SSSR count). The molecule has 0 radical (unpaired) electrons. The maximum absolute atomic E-state index is 12.0. The van der Waals surface area contributed by atoms with Gasteiger partial charge in [-0.15, -0.1) is 0 Å². The van der Waals surface area contributed by atoms with Crippen molar-refractivity contribution in [3.05, 3.63) is 23.8 Å². The summed E-state index contributed by atoms with van der Waals surface area (Å²) in [6.45, 7) is 0.370. The largest absolute Gasteiger partial charge is 0.451 e. The molecule has 0 aliphatic heterocycles. The molecular formula is C7H8F3N3. The van der Waals surface area contributed by atoms with Crippen molar-refractivity contribution in [2.75, 3.05) is 6.54 Å². The lowest BCUT2D eigenvalue weighted by molar-refractivity contribution is -0.145. The van der Waals surface area contributed by atoms with Crippen LogP contribution >= 0.6 is 0 Å². The second-order valence-corrected chi connectivity index (χ2v) is 2.45. The molecule has 0 bridgehead atoms. The highest BCUT2D eigenvalue weighted by Gasteiger charge is 2.34. The maximum Gasteiger partial charge on any atom is 0.451 e. The Morgan fingerprint density at radius 1 is 1.23 bits per heavy atom. The van der Waals surface area contributed by atoms with E-state index in [1.807, 2.05) is 0 Å². The third-order valence-electron chi connectivity index (χ3n) is 1.39. The molecule has 1 aromatic heterocycles. The van der Waals surface area contributed by atoms with E-state index < -0.39 is 12.0 Å². The van der Waals surface area contributed by atoms with Gasteiger partial charge in [0.05, 0.1) is 0 Å². The van der Waals surface area contributed by atoms with E-state index in [1.165, 1.54) is 0 Å². The Labute approximate surface area is 72.8 Å². The van der Waals surface area contributed by atoms with E-state index in [1.54, 1.807) is 0 Å². The van der Waals surface area contributed by atoms with Crippen LogP contribution in [0.25, 0.3) is 0 Å². The molecule has 0 atom stereocenters. The summed E-state index contributed by atoms with van der Waals surface area (Å²) in [4.78, 5) is 6.35. The van der Waals surface area contributed by atoms with Gasteiger partial charge in [0.15, 0.2) is 0 Å². The summed E-state index contributed by atoms with van der Waals surface area (Å²) >= 11 is 0. The van der Waals surface area contributed by atoms with Crippen LogP contribution in [0.5, 0.6) is 0 Å². The van der Waals surface area contributed by atoms with Crippen LogP contribution in [0, 0.1) is 0 Å². The molecule has 1 heterocycles. The van der Waals surface area contributed by atoms with E-state index in [0.29, 0.717) is 18.5 Å². The average molecular weight is 191 g/mol. The van der Waals surface area contributed by atoms with Crippen LogP contribution in [0.1, 0.15) is 11.4 Å². The molecule has 0 saturated carbocycles. The summed E-state index contributed by atoms with van der Waals surface area (Å²) in [5.74, 6) is -1.12. The number of hydrogen-bond donors (Lipinski definition) is 1. The summed E-state index contributed by atoms with van der Waals surface area (Å²) < 4.78 is 35.9. The normalized spacial score (nSPS) is 11.7. The van der Waals surface area contributed by atoms with Gasteiger partial charge in [-0.3, -0.25) is 0 Å². The molecule has 0 spiro atoms. The van der Waals surface area contributed by atoms with Gasteiger partial charge in [0.2, 0.25) is 5.82 Å². The number of nitrogens with zero attached hydrogens (tertiary/aromatic N) is 2. The van der Waals surface area contributed by atoms with Gasteiger partial charge >= 0.3 is 6.18 Å². The minimum Gasteiger partial charge on any atom is -0.330 e. The highest BCUT2D eigenvalue weighted by Crippen LogP contribution is 2.25. The molecule has 1 aromatic rings. The number of hydrogen-bond acceptors (Lipinski definition) is 3. The van der Waals surface area contributed by atoms with Crippen molar-refractivity contribution in [2.45, 2.75) is 12.6 Å². The average Bonchev–Trinajstić information content (AvgIpc) is 2.04. The van der Waals surface area contributed by atoms with Gasteiger partial charge in [-0.25, -0.2) is 9.97 Å². The Morgan fingerprint density at radius 2 is 1.77 bits per heavy atom. The Kier molecular flexibility index (Phi) is 2.82. The summed E-state index contributed by atoms with van der Waals surface area (Å²) in [6.07, 6.45) is -1.70. The van der Waals surface area contributed by atoms with Crippen molar-refractivity contribution in [1.29, 1.82) is 0 Å². The molecule has 0 amide bonds. The molecule has 2 N–H and O–H groups in total. The fourth-order valence-corrected chi connectivity index (χ4v) is 0.797. The Balaban J connectivity index is 2.81. The van der Waals surface area contributed by atoms with Gasteiger partial charge in [-0.1, -0.05) is 0 Å². The molecule has 72 valence electrons. The molecule has 3 nitrogen and oxygen atoms in total. The first-order valence-electron chi connectivity index (χ1n) is 3.62. The summed E-state index contributed by atoms with van der Waals surface area (Å²) in [7, 11) is 0. The number of rotatable bonds is 2. The van der Waals surface area contributed by atoms with Crippen molar-refractivity contribution in [1.82, 2.24) is 9.97 Å².